The molecular weight excluding hydrogens is 471 g/mol. The first kappa shape index (κ1) is 16.3. The van der Waals surface area contributed by atoms with Crippen LogP contribution in [0.1, 0.15) is 22.8 Å². The van der Waals surface area contributed by atoms with E-state index in [0.29, 0.717) is 0 Å². The molecule has 25 heavy (non-hydrogen) atoms. The summed E-state index contributed by atoms with van der Waals surface area (Å²) in [5, 5.41) is 0. The molecule has 0 atom stereocenters. The first-order chi connectivity index (χ1) is 11.8. The molecule has 5 rings (SSSR count). The minimum Gasteiger partial charge on any atom is -0.355 e. The Morgan fingerprint density at radius 2 is 0.760 bits per heavy atom. The van der Waals surface area contributed by atoms with Crippen molar-refractivity contribution in [3.8, 4) is 0 Å². The van der Waals surface area contributed by atoms with Crippen LogP contribution in [0.5, 0.6) is 0 Å². The molecule has 2 N–H and O–H groups in total. The Labute approximate surface area is 173 Å². The third-order valence-electron chi connectivity index (χ3n) is 4.04. The monoisotopic (exact) mass is 485 g/mol. The van der Waals surface area contributed by atoms with Crippen molar-refractivity contribution in [1.82, 2.24) is 19.9 Å². The van der Waals surface area contributed by atoms with E-state index >= 15 is 0 Å². The number of aromatic nitrogens is 4. The second-order valence-corrected chi connectivity index (χ2v) is 5.91. The Morgan fingerprint density at radius 1 is 0.480 bits per heavy atom. The van der Waals surface area contributed by atoms with Gasteiger partial charge in [-0.05, 0) is 72.8 Å². The van der Waals surface area contributed by atoms with E-state index in [9.17, 15) is 0 Å². The van der Waals surface area contributed by atoms with Gasteiger partial charge >= 0.3 is 0 Å². The van der Waals surface area contributed by atoms with E-state index in [1.165, 1.54) is 0 Å². The van der Waals surface area contributed by atoms with Gasteiger partial charge in [-0.1, -0.05) is 0 Å². The van der Waals surface area contributed by atoms with E-state index in [0.717, 1.165) is 44.8 Å². The first-order valence-corrected chi connectivity index (χ1v) is 7.85. The Hall–Kier alpha value is -2.17. The van der Waals surface area contributed by atoms with Crippen molar-refractivity contribution in [2.45, 2.75) is 0 Å². The first-order valence-electron chi connectivity index (χ1n) is 7.85. The summed E-state index contributed by atoms with van der Waals surface area (Å²) in [5.41, 5.74) is 7.86. The Balaban J connectivity index is 0.00000157. The molecule has 3 aromatic heterocycles. The molecule has 5 heterocycles. The van der Waals surface area contributed by atoms with Crippen molar-refractivity contribution in [1.29, 1.82) is 0 Å². The topological polar surface area (TPSA) is 57.4 Å². The van der Waals surface area contributed by atoms with Gasteiger partial charge in [-0.3, -0.25) is 0 Å². The Kier molecular flexibility index (Phi) is 4.32. The SMILES string of the molecule is C1=Cc2cc3ccc(cc4nc(cc5ccc(cc1n2)[nH]5)C=C4)[nH]3.[Lu]. The number of nitrogens with one attached hydrogen (secondary N) is 2. The summed E-state index contributed by atoms with van der Waals surface area (Å²) < 4.78 is 0. The molecule has 129 valence electrons. The van der Waals surface area contributed by atoms with Gasteiger partial charge in [0.05, 0.1) is 22.8 Å². The average Bonchev–Trinajstić information content (AvgIpc) is 3.32. The van der Waals surface area contributed by atoms with Crippen LogP contribution < -0.4 is 0 Å². The number of fused-ring (bicyclic) bond motifs is 8. The Morgan fingerprint density at radius 3 is 1.04 bits per heavy atom. The smallest absolute Gasteiger partial charge is 0.0658 e. The van der Waals surface area contributed by atoms with Crippen LogP contribution in [0.15, 0.2) is 48.5 Å². The van der Waals surface area contributed by atoms with Gasteiger partial charge in [0.2, 0.25) is 0 Å². The minimum absolute atomic E-state index is 0. The zero-order valence-corrected chi connectivity index (χ0v) is 14.7. The van der Waals surface area contributed by atoms with Crippen molar-refractivity contribution in [2.24, 2.45) is 0 Å². The van der Waals surface area contributed by atoms with Gasteiger partial charge in [-0.15, -0.1) is 0 Å². The maximum atomic E-state index is 4.63. The molecule has 0 aromatic carbocycles. The maximum Gasteiger partial charge on any atom is 0.0658 e. The van der Waals surface area contributed by atoms with E-state index < -0.39 is 0 Å². The molecule has 2 aliphatic heterocycles. The summed E-state index contributed by atoms with van der Waals surface area (Å²) in [4.78, 5) is 16.0. The molecule has 0 aliphatic carbocycles. The van der Waals surface area contributed by atoms with E-state index in [4.69, 9.17) is 0 Å². The predicted molar refractivity (Wildman–Crippen MR) is 98.9 cm³/mol. The fraction of sp³-hybridized carbons (Fsp3) is 0. The second-order valence-electron chi connectivity index (χ2n) is 5.91. The van der Waals surface area contributed by atoms with Gasteiger partial charge in [0.1, 0.15) is 0 Å². The van der Waals surface area contributed by atoms with Crippen LogP contribution in [-0.4, -0.2) is 19.9 Å². The van der Waals surface area contributed by atoms with Gasteiger partial charge < -0.3 is 9.97 Å². The largest absolute Gasteiger partial charge is 0.355 e. The molecule has 0 saturated heterocycles. The third-order valence-corrected chi connectivity index (χ3v) is 4.04. The van der Waals surface area contributed by atoms with Crippen molar-refractivity contribution >= 4 is 46.4 Å². The zero-order chi connectivity index (χ0) is 15.9. The second kappa shape index (κ2) is 6.62. The van der Waals surface area contributed by atoms with Crippen molar-refractivity contribution in [3.63, 3.8) is 0 Å². The fourth-order valence-electron chi connectivity index (χ4n) is 2.94. The molecular formula is C20H14LuN4. The van der Waals surface area contributed by atoms with Crippen molar-refractivity contribution < 1.29 is 36.9 Å². The third kappa shape index (κ3) is 3.46. The normalized spacial score (nSPS) is 12.2. The summed E-state index contributed by atoms with van der Waals surface area (Å²) in [6, 6.07) is 16.4. The quantitative estimate of drug-likeness (QED) is 0.336. The number of hydrogen-bond donors (Lipinski definition) is 2. The van der Waals surface area contributed by atoms with Crippen LogP contribution >= 0.6 is 0 Å². The summed E-state index contributed by atoms with van der Waals surface area (Å²) in [6.07, 6.45) is 8.09. The van der Waals surface area contributed by atoms with Crippen LogP contribution in [0.25, 0.3) is 46.4 Å². The molecule has 1 radical (unpaired) electrons. The van der Waals surface area contributed by atoms with E-state index in [-0.39, 0.29) is 36.9 Å². The van der Waals surface area contributed by atoms with Crippen molar-refractivity contribution in [2.75, 3.05) is 0 Å². The summed E-state index contributed by atoms with van der Waals surface area (Å²) in [6.45, 7) is 0. The van der Waals surface area contributed by atoms with Crippen molar-refractivity contribution in [3.05, 3.63) is 71.3 Å². The molecule has 0 fully saturated rings. The Bertz CT molecular complexity index is 990. The van der Waals surface area contributed by atoms with Gasteiger partial charge in [-0.2, -0.15) is 0 Å². The predicted octanol–water partition coefficient (Wildman–Crippen LogP) is 4.66. The molecule has 3 aromatic rings. The van der Waals surface area contributed by atoms with Crippen LogP contribution in [0.3, 0.4) is 0 Å². The molecule has 0 spiro atoms. The number of rotatable bonds is 0. The standard InChI is InChI=1S/C20H14N4.Lu/c1-2-14-10-16-5-6-18(23-16)12-20-8-7-19(24-20)11-17-4-3-15(22-17)9-13(1)21-14;/h1-12,21,24H;. The molecule has 0 amide bonds. The summed E-state index contributed by atoms with van der Waals surface area (Å²) in [5.74, 6) is 0. The summed E-state index contributed by atoms with van der Waals surface area (Å²) in [7, 11) is 0. The van der Waals surface area contributed by atoms with Gasteiger partial charge in [-0.25, -0.2) is 9.97 Å². The number of H-pyrrole nitrogens is 2. The number of nitrogens with zero attached hydrogens (tertiary/aromatic N) is 2. The van der Waals surface area contributed by atoms with Crippen LogP contribution in [0.2, 0.25) is 0 Å². The molecule has 5 heteroatoms. The average molecular weight is 485 g/mol. The molecule has 4 nitrogen and oxygen atoms in total. The molecule has 0 unspecified atom stereocenters. The van der Waals surface area contributed by atoms with Crippen LogP contribution in [0, 0.1) is 36.9 Å². The number of hydrogen-bond acceptors (Lipinski definition) is 2. The molecule has 0 saturated carbocycles. The maximum absolute atomic E-state index is 4.63. The summed E-state index contributed by atoms with van der Waals surface area (Å²) >= 11 is 0. The fourth-order valence-corrected chi connectivity index (χ4v) is 2.94. The molecule has 2 aliphatic rings. The van der Waals surface area contributed by atoms with Gasteiger partial charge in [0.15, 0.2) is 0 Å². The van der Waals surface area contributed by atoms with E-state index in [1.54, 1.807) is 0 Å². The number of aromatic amines is 2. The van der Waals surface area contributed by atoms with Crippen LogP contribution in [0.4, 0.5) is 0 Å². The van der Waals surface area contributed by atoms with E-state index in [2.05, 4.69) is 44.2 Å². The minimum atomic E-state index is 0. The zero-order valence-electron chi connectivity index (χ0n) is 13.1. The van der Waals surface area contributed by atoms with Gasteiger partial charge in [0.25, 0.3) is 0 Å². The van der Waals surface area contributed by atoms with Gasteiger partial charge in [0, 0.05) is 58.9 Å². The van der Waals surface area contributed by atoms with Crippen LogP contribution in [-0.2, 0) is 0 Å². The molecule has 8 bridgehead atoms. The van der Waals surface area contributed by atoms with E-state index in [1.807, 2.05) is 48.6 Å².